The molecule has 0 spiro atoms. The molecule has 0 atom stereocenters. The molecule has 25 heavy (non-hydrogen) atoms. The Morgan fingerprint density at radius 3 is 2.64 bits per heavy atom. The molecule has 0 aliphatic heterocycles. The summed E-state index contributed by atoms with van der Waals surface area (Å²) in [5.41, 5.74) is 1.09. The van der Waals surface area contributed by atoms with E-state index in [1.165, 1.54) is 0 Å². The van der Waals surface area contributed by atoms with Crippen LogP contribution in [0.3, 0.4) is 0 Å². The fourth-order valence-electron chi connectivity index (χ4n) is 2.33. The highest BCUT2D eigenvalue weighted by Gasteiger charge is 2.15. The van der Waals surface area contributed by atoms with E-state index in [0.717, 1.165) is 19.6 Å². The van der Waals surface area contributed by atoms with Crippen molar-refractivity contribution in [3.63, 3.8) is 0 Å². The van der Waals surface area contributed by atoms with Crippen LogP contribution in [0.2, 0.25) is 0 Å². The topological polar surface area (TPSA) is 88.8 Å². The molecule has 138 valence electrons. The van der Waals surface area contributed by atoms with Gasteiger partial charge in [0.1, 0.15) is 0 Å². The quantitative estimate of drug-likeness (QED) is 0.595. The number of nitrogens with zero attached hydrogens (tertiary/aromatic N) is 3. The van der Waals surface area contributed by atoms with Crippen molar-refractivity contribution < 1.29 is 14.6 Å². The van der Waals surface area contributed by atoms with Gasteiger partial charge in [0.2, 0.25) is 0 Å². The smallest absolute Gasteiger partial charge is 0.321 e. The molecule has 7 heteroatoms. The maximum absolute atomic E-state index is 12.6. The van der Waals surface area contributed by atoms with Crippen molar-refractivity contribution in [2.45, 2.75) is 13.8 Å². The third-order valence-corrected chi connectivity index (χ3v) is 3.85. The first-order valence-electron chi connectivity index (χ1n) is 8.61. The Hall–Kier alpha value is -2.14. The van der Waals surface area contributed by atoms with Gasteiger partial charge in [-0.05, 0) is 31.3 Å². The van der Waals surface area contributed by atoms with Gasteiger partial charge in [-0.25, -0.2) is 4.79 Å². The summed E-state index contributed by atoms with van der Waals surface area (Å²) >= 11 is 0. The SMILES string of the molecule is CCN(CC)CCN(CCOCCO)C(=O)Nc1cccc(C#N)c1. The number of urea groups is 1. The average Bonchev–Trinajstić information content (AvgIpc) is 2.64. The molecule has 0 radical (unpaired) electrons. The number of ether oxygens (including phenoxy) is 1. The lowest BCUT2D eigenvalue weighted by molar-refractivity contribution is 0.0784. The van der Waals surface area contributed by atoms with Gasteiger partial charge in [0.25, 0.3) is 0 Å². The van der Waals surface area contributed by atoms with Crippen molar-refractivity contribution in [3.8, 4) is 6.07 Å². The van der Waals surface area contributed by atoms with Crippen LogP contribution < -0.4 is 5.32 Å². The van der Waals surface area contributed by atoms with Crippen LogP contribution in [-0.4, -0.2) is 73.5 Å². The maximum atomic E-state index is 12.6. The number of likely N-dealkylation sites (N-methyl/N-ethyl adjacent to an activating group) is 1. The number of aliphatic hydroxyl groups excluding tert-OH is 1. The van der Waals surface area contributed by atoms with Crippen molar-refractivity contribution in [1.29, 1.82) is 5.26 Å². The molecule has 0 unspecified atom stereocenters. The lowest BCUT2D eigenvalue weighted by Gasteiger charge is -2.26. The van der Waals surface area contributed by atoms with Gasteiger partial charge in [0.15, 0.2) is 0 Å². The molecule has 2 N–H and O–H groups in total. The summed E-state index contributed by atoms with van der Waals surface area (Å²) in [5, 5.41) is 20.6. The number of hydrogen-bond donors (Lipinski definition) is 2. The Morgan fingerprint density at radius 2 is 2.00 bits per heavy atom. The summed E-state index contributed by atoms with van der Waals surface area (Å²) in [6.07, 6.45) is 0. The van der Waals surface area contributed by atoms with E-state index in [9.17, 15) is 4.79 Å². The second kappa shape index (κ2) is 12.3. The zero-order valence-electron chi connectivity index (χ0n) is 15.1. The van der Waals surface area contributed by atoms with Crippen LogP contribution in [0.1, 0.15) is 19.4 Å². The summed E-state index contributed by atoms with van der Waals surface area (Å²) in [7, 11) is 0. The second-order valence-corrected chi connectivity index (χ2v) is 5.47. The number of hydrogen-bond acceptors (Lipinski definition) is 5. The standard InChI is InChI=1S/C18H28N4O3/c1-3-21(4-2)8-9-22(10-12-25-13-11-23)18(24)20-17-7-5-6-16(14-17)15-19/h5-7,14,23H,3-4,8-13H2,1-2H3,(H,20,24). The molecule has 2 amide bonds. The summed E-state index contributed by atoms with van der Waals surface area (Å²) in [6.45, 7) is 8.41. The Labute approximate surface area is 149 Å². The van der Waals surface area contributed by atoms with E-state index < -0.39 is 0 Å². The fourth-order valence-corrected chi connectivity index (χ4v) is 2.33. The van der Waals surface area contributed by atoms with Crippen LogP contribution in [0, 0.1) is 11.3 Å². The molecule has 0 saturated carbocycles. The zero-order valence-corrected chi connectivity index (χ0v) is 15.1. The number of carbonyl (C=O) groups excluding carboxylic acids is 1. The minimum atomic E-state index is -0.227. The van der Waals surface area contributed by atoms with Gasteiger partial charge in [-0.1, -0.05) is 19.9 Å². The third kappa shape index (κ3) is 7.98. The van der Waals surface area contributed by atoms with Gasteiger partial charge in [0.05, 0.1) is 31.5 Å². The van der Waals surface area contributed by atoms with Crippen LogP contribution >= 0.6 is 0 Å². The number of nitriles is 1. The number of aliphatic hydroxyl groups is 1. The van der Waals surface area contributed by atoms with Gasteiger partial charge in [-0.3, -0.25) is 0 Å². The highest BCUT2D eigenvalue weighted by atomic mass is 16.5. The van der Waals surface area contributed by atoms with Crippen molar-refractivity contribution in [2.24, 2.45) is 0 Å². The lowest BCUT2D eigenvalue weighted by Crippen LogP contribution is -2.42. The van der Waals surface area contributed by atoms with E-state index in [0.29, 0.717) is 30.9 Å². The van der Waals surface area contributed by atoms with E-state index in [4.69, 9.17) is 15.1 Å². The van der Waals surface area contributed by atoms with Crippen LogP contribution in [0.15, 0.2) is 24.3 Å². The van der Waals surface area contributed by atoms with Crippen molar-refractivity contribution in [2.75, 3.05) is 57.9 Å². The summed E-state index contributed by atoms with van der Waals surface area (Å²) in [4.78, 5) is 16.5. The highest BCUT2D eigenvalue weighted by molar-refractivity contribution is 5.89. The van der Waals surface area contributed by atoms with E-state index in [2.05, 4.69) is 30.1 Å². The van der Waals surface area contributed by atoms with Crippen LogP contribution in [0.25, 0.3) is 0 Å². The largest absolute Gasteiger partial charge is 0.394 e. The molecule has 1 aromatic rings. The van der Waals surface area contributed by atoms with Crippen LogP contribution in [-0.2, 0) is 4.74 Å². The molecule has 0 aromatic heterocycles. The number of nitrogens with one attached hydrogen (secondary N) is 1. The molecule has 7 nitrogen and oxygen atoms in total. The Bertz CT molecular complexity index is 555. The number of amides is 2. The van der Waals surface area contributed by atoms with Crippen LogP contribution in [0.4, 0.5) is 10.5 Å². The first kappa shape index (κ1) is 20.9. The Balaban J connectivity index is 2.67. The van der Waals surface area contributed by atoms with Gasteiger partial charge < -0.3 is 25.0 Å². The normalized spacial score (nSPS) is 10.5. The van der Waals surface area contributed by atoms with Gasteiger partial charge >= 0.3 is 6.03 Å². The highest BCUT2D eigenvalue weighted by Crippen LogP contribution is 2.10. The monoisotopic (exact) mass is 348 g/mol. The fraction of sp³-hybridized carbons (Fsp3) is 0.556. The minimum absolute atomic E-state index is 0.0351. The second-order valence-electron chi connectivity index (χ2n) is 5.47. The minimum Gasteiger partial charge on any atom is -0.394 e. The molecular weight excluding hydrogens is 320 g/mol. The Kier molecular flexibility index (Phi) is 10.2. The van der Waals surface area contributed by atoms with Crippen molar-refractivity contribution in [1.82, 2.24) is 9.80 Å². The van der Waals surface area contributed by atoms with E-state index in [1.54, 1.807) is 29.2 Å². The van der Waals surface area contributed by atoms with Crippen molar-refractivity contribution in [3.05, 3.63) is 29.8 Å². The molecule has 0 saturated heterocycles. The number of rotatable bonds is 11. The molecule has 0 aliphatic carbocycles. The molecule has 1 aromatic carbocycles. The number of anilines is 1. The molecule has 1 rings (SSSR count). The molecule has 0 bridgehead atoms. The van der Waals surface area contributed by atoms with E-state index in [1.807, 2.05) is 0 Å². The molecule has 0 aliphatic rings. The first-order chi connectivity index (χ1) is 12.1. The molecular formula is C18H28N4O3. The zero-order chi connectivity index (χ0) is 18.5. The van der Waals surface area contributed by atoms with Gasteiger partial charge in [-0.15, -0.1) is 0 Å². The summed E-state index contributed by atoms with van der Waals surface area (Å²) < 4.78 is 5.28. The van der Waals surface area contributed by atoms with Gasteiger partial charge in [0, 0.05) is 25.3 Å². The van der Waals surface area contributed by atoms with E-state index in [-0.39, 0.29) is 19.2 Å². The first-order valence-corrected chi connectivity index (χ1v) is 8.61. The third-order valence-electron chi connectivity index (χ3n) is 3.85. The molecule has 0 fully saturated rings. The Morgan fingerprint density at radius 1 is 1.24 bits per heavy atom. The number of benzene rings is 1. The van der Waals surface area contributed by atoms with E-state index >= 15 is 0 Å². The van der Waals surface area contributed by atoms with Gasteiger partial charge in [-0.2, -0.15) is 5.26 Å². The maximum Gasteiger partial charge on any atom is 0.321 e. The summed E-state index contributed by atoms with van der Waals surface area (Å²) in [5.74, 6) is 0. The predicted molar refractivity (Wildman–Crippen MR) is 97.4 cm³/mol. The summed E-state index contributed by atoms with van der Waals surface area (Å²) in [6, 6.07) is 8.65. The number of carbonyl (C=O) groups is 1. The van der Waals surface area contributed by atoms with Crippen LogP contribution in [0.5, 0.6) is 0 Å². The molecule has 0 heterocycles. The average molecular weight is 348 g/mol. The van der Waals surface area contributed by atoms with Crippen molar-refractivity contribution >= 4 is 11.7 Å². The lowest BCUT2D eigenvalue weighted by atomic mass is 10.2. The predicted octanol–water partition coefficient (Wildman–Crippen LogP) is 1.74.